The van der Waals surface area contributed by atoms with Gasteiger partial charge in [0.15, 0.2) is 5.82 Å². The van der Waals surface area contributed by atoms with E-state index in [0.717, 1.165) is 71.7 Å². The van der Waals surface area contributed by atoms with E-state index in [2.05, 4.69) is 187 Å². The van der Waals surface area contributed by atoms with Gasteiger partial charge in [-0.15, -0.1) is 0 Å². The van der Waals surface area contributed by atoms with Crippen molar-refractivity contribution in [1.82, 2.24) is 24.1 Å². The highest BCUT2D eigenvalue weighted by Gasteiger charge is 2.38. The Labute approximate surface area is 416 Å². The third kappa shape index (κ3) is 5.68. The van der Waals surface area contributed by atoms with Crippen LogP contribution in [0.1, 0.15) is 61.1 Å². The highest BCUT2D eigenvalue weighted by molar-refractivity contribution is 6.14. The molecule has 0 amide bonds. The highest BCUT2D eigenvalue weighted by atomic mass is 15.0. The summed E-state index contributed by atoms with van der Waals surface area (Å²) in [4.78, 5) is 15.3. The molecule has 2 aliphatic carbocycles. The van der Waals surface area contributed by atoms with Gasteiger partial charge >= 0.3 is 0 Å². The van der Waals surface area contributed by atoms with Crippen LogP contribution >= 0.6 is 0 Å². The van der Waals surface area contributed by atoms with E-state index in [9.17, 15) is 10.5 Å². The van der Waals surface area contributed by atoms with Gasteiger partial charge in [-0.05, 0) is 111 Å². The number of pyridine rings is 1. The van der Waals surface area contributed by atoms with Crippen LogP contribution in [0, 0.1) is 22.7 Å². The minimum Gasteiger partial charge on any atom is -0.307 e. The van der Waals surface area contributed by atoms with Gasteiger partial charge in [-0.1, -0.05) is 137 Å². The summed E-state index contributed by atoms with van der Waals surface area (Å²) in [6.45, 7) is 9.20. The van der Waals surface area contributed by atoms with Crippen LogP contribution in [0.15, 0.2) is 188 Å². The van der Waals surface area contributed by atoms with Gasteiger partial charge in [-0.3, -0.25) is 4.98 Å². The van der Waals surface area contributed by atoms with Crippen LogP contribution in [-0.2, 0) is 10.8 Å². The van der Waals surface area contributed by atoms with Gasteiger partial charge in [0.1, 0.15) is 12.1 Å². The molecule has 0 bridgehead atoms. The normalized spacial score (nSPS) is 13.8. The molecule has 4 aromatic heterocycles. The van der Waals surface area contributed by atoms with Crippen molar-refractivity contribution in [2.24, 2.45) is 0 Å². The molecule has 4 heterocycles. The smallest absolute Gasteiger partial charge is 0.161 e. The number of hydrogen-bond acceptors (Lipinski definition) is 5. The van der Waals surface area contributed by atoms with Gasteiger partial charge < -0.3 is 9.13 Å². The quantitative estimate of drug-likeness (QED) is 0.171. The fourth-order valence-corrected chi connectivity index (χ4v) is 12.3. The van der Waals surface area contributed by atoms with Crippen LogP contribution < -0.4 is 0 Å². The molecule has 72 heavy (non-hydrogen) atoms. The number of nitrogens with zero attached hydrogens (tertiary/aromatic N) is 7. The fraction of sp³-hybridized carbons (Fsp3) is 0.0923. The van der Waals surface area contributed by atoms with E-state index in [-0.39, 0.29) is 10.8 Å². The average Bonchev–Trinajstić information content (AvgIpc) is 4.07. The van der Waals surface area contributed by atoms with Crippen LogP contribution in [0.5, 0.6) is 0 Å². The summed E-state index contributed by atoms with van der Waals surface area (Å²) in [6, 6.07) is 66.6. The molecule has 0 aliphatic heterocycles. The lowest BCUT2D eigenvalue weighted by atomic mass is 9.82. The van der Waals surface area contributed by atoms with Gasteiger partial charge in [0.05, 0.1) is 56.0 Å². The molecule has 14 rings (SSSR count). The average molecular weight is 922 g/mol. The molecule has 0 radical (unpaired) electrons. The zero-order valence-electron chi connectivity index (χ0n) is 40.0. The summed E-state index contributed by atoms with van der Waals surface area (Å²) in [5, 5.41) is 26.7. The Morgan fingerprint density at radius 1 is 0.403 bits per heavy atom. The first-order chi connectivity index (χ1) is 35.1. The number of fused-ring (bicyclic) bond motifs is 12. The van der Waals surface area contributed by atoms with Crippen molar-refractivity contribution >= 4 is 43.6 Å². The zero-order chi connectivity index (χ0) is 48.6. The van der Waals surface area contributed by atoms with Crippen molar-refractivity contribution in [1.29, 1.82) is 10.5 Å². The maximum absolute atomic E-state index is 11.1. The molecule has 12 aromatic rings. The molecule has 7 heteroatoms. The van der Waals surface area contributed by atoms with E-state index in [1.807, 2.05) is 42.5 Å². The van der Waals surface area contributed by atoms with E-state index in [4.69, 9.17) is 9.97 Å². The Morgan fingerprint density at radius 3 is 1.33 bits per heavy atom. The molecule has 0 spiro atoms. The first-order valence-electron chi connectivity index (χ1n) is 24.4. The van der Waals surface area contributed by atoms with Crippen molar-refractivity contribution < 1.29 is 0 Å². The lowest BCUT2D eigenvalue weighted by Gasteiger charge is -2.22. The van der Waals surface area contributed by atoms with Crippen molar-refractivity contribution in [2.45, 2.75) is 38.5 Å². The van der Waals surface area contributed by atoms with Gasteiger partial charge in [0, 0.05) is 61.5 Å². The molecule has 2 aliphatic rings. The van der Waals surface area contributed by atoms with E-state index < -0.39 is 0 Å². The molecule has 7 nitrogen and oxygen atoms in total. The minimum atomic E-state index is -0.244. The fourth-order valence-electron chi connectivity index (χ4n) is 12.3. The Kier molecular flexibility index (Phi) is 8.67. The van der Waals surface area contributed by atoms with E-state index >= 15 is 0 Å². The minimum absolute atomic E-state index is 0.244. The molecule has 0 N–H and O–H groups in total. The molecular formula is C65H43N7. The Hall–Kier alpha value is -9.43. The summed E-state index contributed by atoms with van der Waals surface area (Å²) in [5.41, 5.74) is 19.6. The highest BCUT2D eigenvalue weighted by Crippen LogP contribution is 2.53. The van der Waals surface area contributed by atoms with Gasteiger partial charge in [-0.2, -0.15) is 10.5 Å². The second-order valence-electron chi connectivity index (χ2n) is 20.2. The number of benzene rings is 8. The van der Waals surface area contributed by atoms with E-state index in [0.29, 0.717) is 28.3 Å². The summed E-state index contributed by atoms with van der Waals surface area (Å²) >= 11 is 0. The standard InChI is InChI=1S/C65H43N7/c1-64(2)51-25-9-5-19-41(51)47-30-49-43-21-7-11-27-57(43)71(59(49)32-53(47)64)61-38(35-66)16-13-23-45(61)55-34-56(70-63(69-55)40-18-15-29-68-37-40)46-24-14-17-39(36-67)62(46)72-58-28-12-8-22-44(58)50-31-48-42-20-6-10-26-52(42)65(3,4)54(48)33-60(50)72/h5-34,37H,1-4H3. The number of nitriles is 2. The van der Waals surface area contributed by atoms with Crippen LogP contribution in [0.3, 0.4) is 0 Å². The predicted octanol–water partition coefficient (Wildman–Crippen LogP) is 15.4. The Balaban J connectivity index is 1.05. The Bertz CT molecular complexity index is 4160. The lowest BCUT2D eigenvalue weighted by molar-refractivity contribution is 0.661. The topological polar surface area (TPSA) is 96.1 Å². The summed E-state index contributed by atoms with van der Waals surface area (Å²) < 4.78 is 4.53. The van der Waals surface area contributed by atoms with Crippen molar-refractivity contribution in [2.75, 3.05) is 0 Å². The third-order valence-corrected chi connectivity index (χ3v) is 15.7. The van der Waals surface area contributed by atoms with E-state index in [1.165, 1.54) is 44.5 Å². The van der Waals surface area contributed by atoms with Crippen LogP contribution in [0.4, 0.5) is 0 Å². The third-order valence-electron chi connectivity index (χ3n) is 15.7. The number of hydrogen-bond donors (Lipinski definition) is 0. The summed E-state index contributed by atoms with van der Waals surface area (Å²) in [5.74, 6) is 0.469. The number of para-hydroxylation sites is 4. The first kappa shape index (κ1) is 41.5. The van der Waals surface area contributed by atoms with Crippen molar-refractivity contribution in [3.05, 3.63) is 222 Å². The van der Waals surface area contributed by atoms with Crippen molar-refractivity contribution in [3.8, 4) is 79.7 Å². The maximum atomic E-state index is 11.1. The largest absolute Gasteiger partial charge is 0.307 e. The van der Waals surface area contributed by atoms with Gasteiger partial charge in [-0.25, -0.2) is 9.97 Å². The Morgan fingerprint density at radius 2 is 0.861 bits per heavy atom. The zero-order valence-corrected chi connectivity index (χ0v) is 40.0. The molecule has 338 valence electrons. The molecule has 0 saturated heterocycles. The molecular weight excluding hydrogens is 879 g/mol. The number of aromatic nitrogens is 5. The van der Waals surface area contributed by atoms with Gasteiger partial charge in [0.2, 0.25) is 0 Å². The second-order valence-corrected chi connectivity index (χ2v) is 20.2. The monoisotopic (exact) mass is 921 g/mol. The molecule has 0 fully saturated rings. The molecule has 0 unspecified atom stereocenters. The van der Waals surface area contributed by atoms with E-state index in [1.54, 1.807) is 12.4 Å². The maximum Gasteiger partial charge on any atom is 0.161 e. The van der Waals surface area contributed by atoms with Gasteiger partial charge in [0.25, 0.3) is 0 Å². The first-order valence-corrected chi connectivity index (χ1v) is 24.4. The second kappa shape index (κ2) is 15.0. The molecule has 0 saturated carbocycles. The molecule has 0 atom stereocenters. The predicted molar refractivity (Wildman–Crippen MR) is 289 cm³/mol. The van der Waals surface area contributed by atoms with Crippen LogP contribution in [0.25, 0.3) is 111 Å². The SMILES string of the molecule is CC1(C)c2ccccc2-c2cc3c4ccccc4n(-c4c(C#N)cccc4-c4cc(-c5cccc(C#N)c5-n5c6ccccc6c6cc7c(cc65)C(C)(C)c5ccccc5-7)nc(-c5cccnc5)n4)c3cc21. The summed E-state index contributed by atoms with van der Waals surface area (Å²) in [7, 11) is 0. The number of rotatable bonds is 5. The lowest BCUT2D eigenvalue weighted by Crippen LogP contribution is -2.15. The molecule has 8 aromatic carbocycles. The van der Waals surface area contributed by atoms with Crippen LogP contribution in [-0.4, -0.2) is 24.1 Å². The van der Waals surface area contributed by atoms with Crippen LogP contribution in [0.2, 0.25) is 0 Å². The summed E-state index contributed by atoms with van der Waals surface area (Å²) in [6.07, 6.45) is 3.53. The van der Waals surface area contributed by atoms with Crippen molar-refractivity contribution in [3.63, 3.8) is 0 Å².